The van der Waals surface area contributed by atoms with E-state index in [9.17, 15) is 22.4 Å². The Hall–Kier alpha value is -2.73. The zero-order valence-electron chi connectivity index (χ0n) is 16.6. The summed E-state index contributed by atoms with van der Waals surface area (Å²) < 4.78 is 42.8. The molecule has 1 N–H and O–H groups in total. The van der Waals surface area contributed by atoms with Gasteiger partial charge in [0.1, 0.15) is 15.3 Å². The molecule has 1 fully saturated rings. The summed E-state index contributed by atoms with van der Waals surface area (Å²) in [7, 11) is -4.12. The second-order valence-corrected chi connectivity index (χ2v) is 11.5. The number of benzene rings is 2. The van der Waals surface area contributed by atoms with E-state index >= 15 is 0 Å². The minimum absolute atomic E-state index is 0.0569. The van der Waals surface area contributed by atoms with E-state index in [2.05, 4.69) is 9.71 Å². The maximum absolute atomic E-state index is 13.2. The van der Waals surface area contributed by atoms with E-state index in [1.54, 1.807) is 30.3 Å². The molecule has 0 bridgehead atoms. The number of thioether (sulfide) groups is 1. The number of nitrogens with one attached hydrogen (secondary N) is 1. The molecule has 170 valence electrons. The van der Waals surface area contributed by atoms with Crippen LogP contribution >= 0.6 is 34.7 Å². The van der Waals surface area contributed by atoms with Crippen molar-refractivity contribution in [2.75, 3.05) is 10.2 Å². The standard InChI is InChI=1S/C21H15ClFN3O4S3/c22-17-10-11-19(32-17)33(29,30)25-21-26(15-4-2-1-3-5-15)20(28)16(31-21)12-18(27)24-14-8-6-13(23)7-9-14/h1-11,16H,12H2,(H,24,27)/b25-21+. The van der Waals surface area contributed by atoms with E-state index < -0.39 is 32.9 Å². The van der Waals surface area contributed by atoms with Crippen LogP contribution in [0.2, 0.25) is 4.34 Å². The van der Waals surface area contributed by atoms with Crippen LogP contribution in [0.5, 0.6) is 0 Å². The van der Waals surface area contributed by atoms with Gasteiger partial charge in [-0.15, -0.1) is 15.7 Å². The topological polar surface area (TPSA) is 95.9 Å². The number of halogens is 2. The number of carbonyl (C=O) groups excluding carboxylic acids is 2. The minimum atomic E-state index is -4.12. The molecule has 0 saturated carbocycles. The highest BCUT2D eigenvalue weighted by atomic mass is 35.5. The molecule has 12 heteroatoms. The third-order valence-electron chi connectivity index (χ3n) is 4.45. The number of anilines is 2. The van der Waals surface area contributed by atoms with E-state index in [0.717, 1.165) is 23.1 Å². The molecule has 7 nitrogen and oxygen atoms in total. The average molecular weight is 524 g/mol. The number of thiophene rings is 1. The van der Waals surface area contributed by atoms with Crippen molar-refractivity contribution in [1.82, 2.24) is 0 Å². The number of nitrogens with zero attached hydrogens (tertiary/aromatic N) is 2. The van der Waals surface area contributed by atoms with Crippen molar-refractivity contribution in [2.24, 2.45) is 4.40 Å². The van der Waals surface area contributed by atoms with Gasteiger partial charge in [0.15, 0.2) is 5.17 Å². The van der Waals surface area contributed by atoms with Gasteiger partial charge >= 0.3 is 0 Å². The van der Waals surface area contributed by atoms with Crippen molar-refractivity contribution >= 4 is 73.1 Å². The van der Waals surface area contributed by atoms with Crippen molar-refractivity contribution in [2.45, 2.75) is 15.9 Å². The van der Waals surface area contributed by atoms with Crippen LogP contribution in [0, 0.1) is 5.82 Å². The molecule has 1 saturated heterocycles. The maximum atomic E-state index is 13.2. The van der Waals surface area contributed by atoms with Crippen LogP contribution in [0.15, 0.2) is 75.3 Å². The molecule has 0 radical (unpaired) electrons. The van der Waals surface area contributed by atoms with E-state index in [1.807, 2.05) is 0 Å². The molecule has 1 aliphatic rings. The smallest absolute Gasteiger partial charge is 0.294 e. The third-order valence-corrected chi connectivity index (χ3v) is 8.67. The van der Waals surface area contributed by atoms with E-state index in [1.165, 1.54) is 41.3 Å². The Morgan fingerprint density at radius 1 is 1.09 bits per heavy atom. The molecule has 2 aromatic carbocycles. The summed E-state index contributed by atoms with van der Waals surface area (Å²) in [5.41, 5.74) is 0.803. The highest BCUT2D eigenvalue weighted by Gasteiger charge is 2.41. The summed E-state index contributed by atoms with van der Waals surface area (Å²) in [6.45, 7) is 0. The van der Waals surface area contributed by atoms with Crippen LogP contribution in [0.3, 0.4) is 0 Å². The average Bonchev–Trinajstić information content (AvgIpc) is 3.34. The lowest BCUT2D eigenvalue weighted by Gasteiger charge is -2.16. The van der Waals surface area contributed by atoms with E-state index in [0.29, 0.717) is 15.7 Å². The van der Waals surface area contributed by atoms with Gasteiger partial charge in [-0.05, 0) is 48.5 Å². The number of amides is 2. The quantitative estimate of drug-likeness (QED) is 0.502. The Balaban J connectivity index is 1.61. The van der Waals surface area contributed by atoms with Gasteiger partial charge in [-0.1, -0.05) is 41.6 Å². The van der Waals surface area contributed by atoms with E-state index in [4.69, 9.17) is 11.6 Å². The van der Waals surface area contributed by atoms with Crippen LogP contribution in [-0.4, -0.2) is 30.6 Å². The molecular weight excluding hydrogens is 509 g/mol. The van der Waals surface area contributed by atoms with Gasteiger partial charge in [0.25, 0.3) is 10.0 Å². The summed E-state index contributed by atoms with van der Waals surface area (Å²) in [5, 5.41) is 1.65. The Kier molecular flexibility index (Phi) is 6.84. The van der Waals surface area contributed by atoms with Gasteiger partial charge in [-0.3, -0.25) is 14.5 Å². The van der Waals surface area contributed by atoms with Crippen molar-refractivity contribution in [3.63, 3.8) is 0 Å². The fourth-order valence-corrected chi connectivity index (χ4v) is 6.77. The molecular formula is C21H15ClFN3O4S3. The number of sulfonamides is 1. The lowest BCUT2D eigenvalue weighted by molar-refractivity contribution is -0.121. The van der Waals surface area contributed by atoms with Crippen molar-refractivity contribution in [1.29, 1.82) is 0 Å². The highest BCUT2D eigenvalue weighted by molar-refractivity contribution is 8.16. The Morgan fingerprint density at radius 2 is 1.79 bits per heavy atom. The number of carbonyl (C=O) groups is 2. The first-order valence-electron chi connectivity index (χ1n) is 9.44. The first kappa shape index (κ1) is 23.4. The zero-order valence-corrected chi connectivity index (χ0v) is 19.8. The zero-order chi connectivity index (χ0) is 23.6. The lowest BCUT2D eigenvalue weighted by Crippen LogP contribution is -2.33. The third kappa shape index (κ3) is 5.44. The van der Waals surface area contributed by atoms with Crippen molar-refractivity contribution in [3.8, 4) is 0 Å². The molecule has 1 aliphatic heterocycles. The predicted octanol–water partition coefficient (Wildman–Crippen LogP) is 4.76. The molecule has 1 unspecified atom stereocenters. The van der Waals surface area contributed by atoms with Gasteiger partial charge in [-0.2, -0.15) is 8.42 Å². The van der Waals surface area contributed by atoms with Gasteiger partial charge in [0.2, 0.25) is 11.8 Å². The number of hydrogen-bond acceptors (Lipinski definition) is 6. The lowest BCUT2D eigenvalue weighted by atomic mass is 10.2. The summed E-state index contributed by atoms with van der Waals surface area (Å²) in [6, 6.07) is 16.4. The number of hydrogen-bond donors (Lipinski definition) is 1. The molecule has 0 aliphatic carbocycles. The van der Waals surface area contributed by atoms with Crippen LogP contribution in [0.4, 0.5) is 15.8 Å². The van der Waals surface area contributed by atoms with Gasteiger partial charge in [0.05, 0.1) is 10.0 Å². The van der Waals surface area contributed by atoms with E-state index in [-0.39, 0.29) is 15.8 Å². The monoisotopic (exact) mass is 523 g/mol. The molecule has 4 rings (SSSR count). The molecule has 3 aromatic rings. The van der Waals surface area contributed by atoms with Gasteiger partial charge in [-0.25, -0.2) is 4.39 Å². The first-order valence-corrected chi connectivity index (χ1v) is 13.0. The normalized spacial score (nSPS) is 17.5. The SMILES string of the molecule is O=C(CC1S/C(=N/S(=O)(=O)c2ccc(Cl)s2)N(c2ccccc2)C1=O)Nc1ccc(F)cc1. The van der Waals surface area contributed by atoms with Crippen LogP contribution in [0.25, 0.3) is 0 Å². The second kappa shape index (κ2) is 9.64. The Bertz CT molecular complexity index is 1330. The maximum Gasteiger partial charge on any atom is 0.294 e. The van der Waals surface area contributed by atoms with Crippen molar-refractivity contribution < 1.29 is 22.4 Å². The van der Waals surface area contributed by atoms with Crippen molar-refractivity contribution in [3.05, 3.63) is 76.9 Å². The fraction of sp³-hybridized carbons (Fsp3) is 0.0952. The number of para-hydroxylation sites is 1. The minimum Gasteiger partial charge on any atom is -0.326 e. The molecule has 0 spiro atoms. The molecule has 2 heterocycles. The summed E-state index contributed by atoms with van der Waals surface area (Å²) >= 11 is 7.60. The van der Waals surface area contributed by atoms with Crippen LogP contribution in [0.1, 0.15) is 6.42 Å². The Labute approximate surface area is 202 Å². The van der Waals surface area contributed by atoms with Gasteiger partial charge in [0, 0.05) is 12.1 Å². The predicted molar refractivity (Wildman–Crippen MR) is 129 cm³/mol. The summed E-state index contributed by atoms with van der Waals surface area (Å²) in [4.78, 5) is 26.8. The number of amidine groups is 1. The first-order chi connectivity index (χ1) is 15.7. The molecule has 2 amide bonds. The van der Waals surface area contributed by atoms with Gasteiger partial charge < -0.3 is 5.32 Å². The Morgan fingerprint density at radius 3 is 2.42 bits per heavy atom. The molecule has 1 atom stereocenters. The fourth-order valence-electron chi connectivity index (χ4n) is 2.97. The molecule has 1 aromatic heterocycles. The van der Waals surface area contributed by atoms with Crippen LogP contribution in [-0.2, 0) is 19.6 Å². The molecule has 33 heavy (non-hydrogen) atoms. The largest absolute Gasteiger partial charge is 0.326 e. The number of rotatable bonds is 6. The highest BCUT2D eigenvalue weighted by Crippen LogP contribution is 2.36. The second-order valence-electron chi connectivity index (χ2n) is 6.78. The van der Waals surface area contributed by atoms with Crippen LogP contribution < -0.4 is 10.2 Å². The summed E-state index contributed by atoms with van der Waals surface area (Å²) in [5.74, 6) is -1.39. The summed E-state index contributed by atoms with van der Waals surface area (Å²) in [6.07, 6.45) is -0.228.